The van der Waals surface area contributed by atoms with Crippen LogP contribution in [-0.2, 0) is 11.3 Å². The SMILES string of the molecule is CCn1ccc(C2C3=C(CCCC3=O)Nc3ncnn32)n1. The van der Waals surface area contributed by atoms with Crippen LogP contribution in [0.3, 0.4) is 0 Å². The van der Waals surface area contributed by atoms with Crippen LogP contribution in [0.5, 0.6) is 0 Å². The lowest BCUT2D eigenvalue weighted by Crippen LogP contribution is -2.31. The fourth-order valence-corrected chi connectivity index (χ4v) is 3.07. The molecule has 1 N–H and O–H groups in total. The molecule has 2 aromatic rings. The summed E-state index contributed by atoms with van der Waals surface area (Å²) in [7, 11) is 0. The average molecular weight is 284 g/mol. The van der Waals surface area contributed by atoms with E-state index in [4.69, 9.17) is 0 Å². The number of fused-ring (bicyclic) bond motifs is 1. The first-order chi connectivity index (χ1) is 10.3. The van der Waals surface area contributed by atoms with Gasteiger partial charge in [0.05, 0.1) is 5.69 Å². The Hall–Kier alpha value is -2.44. The number of anilines is 1. The molecular weight excluding hydrogens is 268 g/mol. The zero-order valence-corrected chi connectivity index (χ0v) is 11.8. The molecule has 21 heavy (non-hydrogen) atoms. The van der Waals surface area contributed by atoms with Gasteiger partial charge in [0.1, 0.15) is 12.4 Å². The number of Topliss-reactive ketones (excluding diaryl/α,β-unsaturated/α-hetero) is 1. The second kappa shape index (κ2) is 4.54. The van der Waals surface area contributed by atoms with E-state index in [-0.39, 0.29) is 11.8 Å². The summed E-state index contributed by atoms with van der Waals surface area (Å²) in [5, 5.41) is 12.1. The van der Waals surface area contributed by atoms with E-state index in [2.05, 4.69) is 20.5 Å². The normalized spacial score (nSPS) is 21.0. The maximum atomic E-state index is 12.4. The standard InChI is InChI=1S/C14H16N6O/c1-2-19-7-6-10(18-19)13-12-9(4-3-5-11(12)21)17-14-15-8-16-20(13)14/h6-8,13H,2-5H2,1H3,(H,15,16,17). The molecule has 0 fully saturated rings. The highest BCUT2D eigenvalue weighted by Gasteiger charge is 2.37. The zero-order valence-electron chi connectivity index (χ0n) is 11.8. The molecule has 0 aromatic carbocycles. The predicted octanol–water partition coefficient (Wildman–Crippen LogP) is 1.52. The van der Waals surface area contributed by atoms with Crippen molar-refractivity contribution in [1.82, 2.24) is 24.5 Å². The molecule has 7 nitrogen and oxygen atoms in total. The van der Waals surface area contributed by atoms with Gasteiger partial charge in [-0.25, -0.2) is 4.68 Å². The minimum atomic E-state index is -0.264. The summed E-state index contributed by atoms with van der Waals surface area (Å²) in [4.78, 5) is 16.7. The number of carbonyl (C=O) groups excluding carboxylic acids is 1. The number of nitrogens with zero attached hydrogens (tertiary/aromatic N) is 5. The van der Waals surface area contributed by atoms with Crippen LogP contribution >= 0.6 is 0 Å². The number of hydrogen-bond acceptors (Lipinski definition) is 5. The maximum absolute atomic E-state index is 12.4. The molecule has 2 aromatic heterocycles. The Morgan fingerprint density at radius 1 is 1.43 bits per heavy atom. The van der Waals surface area contributed by atoms with Crippen LogP contribution in [0.4, 0.5) is 5.95 Å². The number of allylic oxidation sites excluding steroid dienone is 2. The van der Waals surface area contributed by atoms with Crippen molar-refractivity contribution in [2.45, 2.75) is 38.8 Å². The van der Waals surface area contributed by atoms with Gasteiger partial charge in [0, 0.05) is 30.4 Å². The van der Waals surface area contributed by atoms with Gasteiger partial charge in [0.25, 0.3) is 0 Å². The summed E-state index contributed by atoms with van der Waals surface area (Å²) in [6, 6.07) is 1.69. The first kappa shape index (κ1) is 12.3. The second-order valence-corrected chi connectivity index (χ2v) is 5.32. The third-order valence-corrected chi connectivity index (χ3v) is 4.08. The fourth-order valence-electron chi connectivity index (χ4n) is 3.07. The molecule has 0 amide bonds. The lowest BCUT2D eigenvalue weighted by atomic mass is 9.87. The van der Waals surface area contributed by atoms with Crippen molar-refractivity contribution in [3.05, 3.63) is 35.6 Å². The van der Waals surface area contributed by atoms with E-state index in [1.165, 1.54) is 6.33 Å². The minimum Gasteiger partial charge on any atom is -0.328 e. The van der Waals surface area contributed by atoms with Crippen LogP contribution < -0.4 is 5.32 Å². The summed E-state index contributed by atoms with van der Waals surface area (Å²) < 4.78 is 3.62. The molecule has 1 atom stereocenters. The molecule has 4 rings (SSSR count). The molecule has 7 heteroatoms. The number of ketones is 1. The Labute approximate surface area is 121 Å². The van der Waals surface area contributed by atoms with E-state index >= 15 is 0 Å². The van der Waals surface area contributed by atoms with Crippen LogP contribution in [0.25, 0.3) is 0 Å². The van der Waals surface area contributed by atoms with Crippen molar-refractivity contribution in [2.75, 3.05) is 5.32 Å². The molecule has 1 unspecified atom stereocenters. The van der Waals surface area contributed by atoms with Gasteiger partial charge in [-0.05, 0) is 25.8 Å². The Bertz CT molecular complexity index is 740. The predicted molar refractivity (Wildman–Crippen MR) is 75.6 cm³/mol. The lowest BCUT2D eigenvalue weighted by Gasteiger charge is -2.31. The highest BCUT2D eigenvalue weighted by molar-refractivity contribution is 5.99. The van der Waals surface area contributed by atoms with Crippen molar-refractivity contribution in [3.8, 4) is 0 Å². The summed E-state index contributed by atoms with van der Waals surface area (Å²) >= 11 is 0. The molecule has 1 aliphatic carbocycles. The van der Waals surface area contributed by atoms with E-state index < -0.39 is 0 Å². The van der Waals surface area contributed by atoms with Gasteiger partial charge in [-0.2, -0.15) is 15.2 Å². The van der Waals surface area contributed by atoms with Crippen LogP contribution in [0.15, 0.2) is 29.9 Å². The number of carbonyl (C=O) groups is 1. The van der Waals surface area contributed by atoms with Gasteiger partial charge in [-0.3, -0.25) is 9.48 Å². The third-order valence-electron chi connectivity index (χ3n) is 4.08. The molecule has 0 saturated heterocycles. The lowest BCUT2D eigenvalue weighted by molar-refractivity contribution is -0.116. The smallest absolute Gasteiger partial charge is 0.226 e. The Balaban J connectivity index is 1.88. The van der Waals surface area contributed by atoms with Gasteiger partial charge in [-0.15, -0.1) is 0 Å². The number of rotatable bonds is 2. The molecule has 0 saturated carbocycles. The van der Waals surface area contributed by atoms with E-state index in [9.17, 15) is 4.79 Å². The summed E-state index contributed by atoms with van der Waals surface area (Å²) in [5.41, 5.74) is 2.61. The number of aryl methyl sites for hydroxylation is 1. The molecular formula is C14H16N6O. The number of hydrogen-bond donors (Lipinski definition) is 1. The van der Waals surface area contributed by atoms with Crippen LogP contribution in [-0.4, -0.2) is 30.3 Å². The van der Waals surface area contributed by atoms with Gasteiger partial charge >= 0.3 is 0 Å². The summed E-state index contributed by atoms with van der Waals surface area (Å²) in [6.45, 7) is 2.84. The molecule has 1 aliphatic heterocycles. The van der Waals surface area contributed by atoms with Gasteiger partial charge < -0.3 is 5.32 Å². The quantitative estimate of drug-likeness (QED) is 0.904. The van der Waals surface area contributed by atoms with Crippen molar-refractivity contribution < 1.29 is 4.79 Å². The Kier molecular flexibility index (Phi) is 2.66. The molecule has 2 aliphatic rings. The van der Waals surface area contributed by atoms with Crippen molar-refractivity contribution in [2.24, 2.45) is 0 Å². The highest BCUT2D eigenvalue weighted by atomic mass is 16.1. The number of nitrogens with one attached hydrogen (secondary N) is 1. The van der Waals surface area contributed by atoms with E-state index in [1.54, 1.807) is 4.68 Å². The van der Waals surface area contributed by atoms with E-state index in [1.807, 2.05) is 23.9 Å². The highest BCUT2D eigenvalue weighted by Crippen LogP contribution is 2.38. The second-order valence-electron chi connectivity index (χ2n) is 5.32. The van der Waals surface area contributed by atoms with Crippen LogP contribution in [0, 0.1) is 0 Å². The van der Waals surface area contributed by atoms with Crippen molar-refractivity contribution >= 4 is 11.7 Å². The van der Waals surface area contributed by atoms with Gasteiger partial charge in [-0.1, -0.05) is 0 Å². The summed E-state index contributed by atoms with van der Waals surface area (Å²) in [6.07, 6.45) is 5.79. The zero-order chi connectivity index (χ0) is 14.4. The number of aromatic nitrogens is 5. The van der Waals surface area contributed by atoms with Crippen LogP contribution in [0.2, 0.25) is 0 Å². The van der Waals surface area contributed by atoms with E-state index in [0.717, 1.165) is 36.4 Å². The Morgan fingerprint density at radius 3 is 3.14 bits per heavy atom. The third kappa shape index (κ3) is 1.80. The topological polar surface area (TPSA) is 77.6 Å². The molecule has 3 heterocycles. The largest absolute Gasteiger partial charge is 0.328 e. The Morgan fingerprint density at radius 2 is 2.33 bits per heavy atom. The maximum Gasteiger partial charge on any atom is 0.226 e. The van der Waals surface area contributed by atoms with Crippen LogP contribution in [0.1, 0.15) is 37.9 Å². The molecule has 0 spiro atoms. The molecule has 108 valence electrons. The molecule has 0 radical (unpaired) electrons. The average Bonchev–Trinajstić information content (AvgIpc) is 3.14. The van der Waals surface area contributed by atoms with E-state index in [0.29, 0.717) is 12.4 Å². The molecule has 0 bridgehead atoms. The van der Waals surface area contributed by atoms with Gasteiger partial charge in [0.15, 0.2) is 5.78 Å². The van der Waals surface area contributed by atoms with Crippen molar-refractivity contribution in [1.29, 1.82) is 0 Å². The monoisotopic (exact) mass is 284 g/mol. The van der Waals surface area contributed by atoms with Crippen molar-refractivity contribution in [3.63, 3.8) is 0 Å². The van der Waals surface area contributed by atoms with Gasteiger partial charge in [0.2, 0.25) is 5.95 Å². The first-order valence-electron chi connectivity index (χ1n) is 7.24. The minimum absolute atomic E-state index is 0.181. The fraction of sp³-hybridized carbons (Fsp3) is 0.429. The first-order valence-corrected chi connectivity index (χ1v) is 7.24. The summed E-state index contributed by atoms with van der Waals surface area (Å²) in [5.74, 6) is 0.862.